The molecule has 2 heterocycles. The van der Waals surface area contributed by atoms with Gasteiger partial charge in [0.2, 0.25) is 0 Å². The Morgan fingerprint density at radius 1 is 1.26 bits per heavy atom. The average Bonchev–Trinajstić information content (AvgIpc) is 2.57. The minimum atomic E-state index is -0.312. The Labute approximate surface area is 136 Å². The molecule has 4 nitrogen and oxygen atoms in total. The molecule has 1 N–H and O–H groups in total. The van der Waals surface area contributed by atoms with Gasteiger partial charge in [0.25, 0.3) is 0 Å². The van der Waals surface area contributed by atoms with Crippen molar-refractivity contribution < 1.29 is 9.13 Å². The molecule has 1 fully saturated rings. The summed E-state index contributed by atoms with van der Waals surface area (Å²) in [5, 5.41) is 3.43. The maximum Gasteiger partial charge on any atom is 0.141 e. The first kappa shape index (κ1) is 15.9. The van der Waals surface area contributed by atoms with Crippen molar-refractivity contribution in [2.75, 3.05) is 31.6 Å². The first-order valence-electron chi connectivity index (χ1n) is 7.98. The van der Waals surface area contributed by atoms with Crippen molar-refractivity contribution in [1.82, 2.24) is 9.88 Å². The third kappa shape index (κ3) is 4.50. The Kier molecular flexibility index (Phi) is 5.20. The number of hydrogen-bond donors (Lipinski definition) is 1. The zero-order chi connectivity index (χ0) is 16.1. The first-order valence-corrected chi connectivity index (χ1v) is 7.98. The molecule has 0 spiro atoms. The zero-order valence-electron chi connectivity index (χ0n) is 13.3. The van der Waals surface area contributed by atoms with Crippen LogP contribution in [0.1, 0.15) is 24.2 Å². The Hall–Kier alpha value is -1.98. The second-order valence-corrected chi connectivity index (χ2v) is 5.86. The van der Waals surface area contributed by atoms with E-state index in [2.05, 4.69) is 33.4 Å². The monoisotopic (exact) mass is 315 g/mol. The molecular formula is C18H22FN3O. The van der Waals surface area contributed by atoms with Gasteiger partial charge in [-0.3, -0.25) is 9.88 Å². The molecule has 0 bridgehead atoms. The third-order valence-electron chi connectivity index (χ3n) is 4.01. The second kappa shape index (κ2) is 7.53. The highest BCUT2D eigenvalue weighted by Gasteiger charge is 2.11. The highest BCUT2D eigenvalue weighted by Crippen LogP contribution is 2.19. The maximum atomic E-state index is 13.0. The molecule has 1 saturated heterocycles. The predicted molar refractivity (Wildman–Crippen MR) is 88.8 cm³/mol. The van der Waals surface area contributed by atoms with E-state index in [1.54, 1.807) is 6.07 Å². The van der Waals surface area contributed by atoms with Gasteiger partial charge >= 0.3 is 0 Å². The average molecular weight is 315 g/mol. The smallest absolute Gasteiger partial charge is 0.141 e. The highest BCUT2D eigenvalue weighted by molar-refractivity contribution is 5.47. The topological polar surface area (TPSA) is 37.4 Å². The molecule has 2 aromatic rings. The molecule has 1 aliphatic heterocycles. The van der Waals surface area contributed by atoms with Gasteiger partial charge in [0.05, 0.1) is 31.1 Å². The summed E-state index contributed by atoms with van der Waals surface area (Å²) < 4.78 is 18.3. The highest BCUT2D eigenvalue weighted by atomic mass is 19.1. The zero-order valence-corrected chi connectivity index (χ0v) is 13.3. The molecule has 0 aliphatic carbocycles. The third-order valence-corrected chi connectivity index (χ3v) is 4.01. The molecular weight excluding hydrogens is 293 g/mol. The Bertz CT molecular complexity index is 626. The van der Waals surface area contributed by atoms with Crippen LogP contribution in [0.2, 0.25) is 0 Å². The fourth-order valence-corrected chi connectivity index (χ4v) is 2.74. The van der Waals surface area contributed by atoms with Crippen molar-refractivity contribution in [3.05, 3.63) is 59.7 Å². The van der Waals surface area contributed by atoms with Crippen LogP contribution >= 0.6 is 0 Å². The Morgan fingerprint density at radius 2 is 2.09 bits per heavy atom. The van der Waals surface area contributed by atoms with Crippen LogP contribution in [0.5, 0.6) is 0 Å². The molecule has 1 atom stereocenters. The summed E-state index contributed by atoms with van der Waals surface area (Å²) in [4.78, 5) is 6.53. The maximum absolute atomic E-state index is 13.0. The normalized spacial score (nSPS) is 17.0. The van der Waals surface area contributed by atoms with Gasteiger partial charge in [-0.25, -0.2) is 4.39 Å². The number of nitrogens with one attached hydrogen (secondary N) is 1. The molecule has 1 unspecified atom stereocenters. The minimum Gasteiger partial charge on any atom is -0.379 e. The van der Waals surface area contributed by atoms with Crippen molar-refractivity contribution >= 4 is 5.69 Å². The summed E-state index contributed by atoms with van der Waals surface area (Å²) in [6.45, 7) is 6.54. The van der Waals surface area contributed by atoms with E-state index >= 15 is 0 Å². The van der Waals surface area contributed by atoms with Gasteiger partial charge in [-0.1, -0.05) is 12.1 Å². The van der Waals surface area contributed by atoms with Crippen LogP contribution < -0.4 is 5.32 Å². The van der Waals surface area contributed by atoms with E-state index in [0.717, 1.165) is 44.2 Å². The summed E-state index contributed by atoms with van der Waals surface area (Å²) in [5.41, 5.74) is 3.15. The lowest BCUT2D eigenvalue weighted by Gasteiger charge is -2.26. The van der Waals surface area contributed by atoms with Gasteiger partial charge < -0.3 is 10.1 Å². The number of morpholine rings is 1. The molecule has 1 aliphatic rings. The Morgan fingerprint density at radius 3 is 2.83 bits per heavy atom. The van der Waals surface area contributed by atoms with E-state index < -0.39 is 0 Å². The van der Waals surface area contributed by atoms with E-state index in [4.69, 9.17) is 4.74 Å². The van der Waals surface area contributed by atoms with Crippen molar-refractivity contribution in [3.63, 3.8) is 0 Å². The molecule has 0 radical (unpaired) electrons. The van der Waals surface area contributed by atoms with E-state index in [9.17, 15) is 4.39 Å². The number of benzene rings is 1. The summed E-state index contributed by atoms with van der Waals surface area (Å²) in [6.07, 6.45) is 1.25. The molecule has 1 aromatic heterocycles. The fraction of sp³-hybridized carbons (Fsp3) is 0.389. The Balaban J connectivity index is 1.63. The van der Waals surface area contributed by atoms with E-state index in [1.807, 2.05) is 13.0 Å². The van der Waals surface area contributed by atoms with Crippen molar-refractivity contribution in [3.8, 4) is 0 Å². The summed E-state index contributed by atoms with van der Waals surface area (Å²) in [7, 11) is 0. The number of aromatic nitrogens is 1. The van der Waals surface area contributed by atoms with Crippen LogP contribution in [0.3, 0.4) is 0 Å². The summed E-state index contributed by atoms with van der Waals surface area (Å²) >= 11 is 0. The van der Waals surface area contributed by atoms with Gasteiger partial charge in [0.1, 0.15) is 5.82 Å². The van der Waals surface area contributed by atoms with Crippen LogP contribution in [-0.4, -0.2) is 36.2 Å². The van der Waals surface area contributed by atoms with Gasteiger partial charge in [-0.05, 0) is 36.8 Å². The van der Waals surface area contributed by atoms with E-state index in [1.165, 1.54) is 17.8 Å². The lowest BCUT2D eigenvalue weighted by molar-refractivity contribution is 0.0342. The van der Waals surface area contributed by atoms with Crippen LogP contribution in [0.25, 0.3) is 0 Å². The number of nitrogens with zero attached hydrogens (tertiary/aromatic N) is 2. The number of ether oxygens (including phenoxy) is 1. The molecule has 122 valence electrons. The number of rotatable bonds is 5. The van der Waals surface area contributed by atoms with Crippen LogP contribution in [-0.2, 0) is 11.3 Å². The lowest BCUT2D eigenvalue weighted by Crippen LogP contribution is -2.35. The van der Waals surface area contributed by atoms with Gasteiger partial charge in [-0.2, -0.15) is 0 Å². The number of hydrogen-bond acceptors (Lipinski definition) is 4. The van der Waals surface area contributed by atoms with Crippen LogP contribution in [0, 0.1) is 5.82 Å². The predicted octanol–water partition coefficient (Wildman–Crippen LogP) is 3.23. The second-order valence-electron chi connectivity index (χ2n) is 5.86. The van der Waals surface area contributed by atoms with Gasteiger partial charge in [0, 0.05) is 25.3 Å². The molecule has 5 heteroatoms. The quantitative estimate of drug-likeness (QED) is 0.919. The van der Waals surface area contributed by atoms with Crippen LogP contribution in [0.15, 0.2) is 42.6 Å². The molecule has 1 aromatic carbocycles. The van der Waals surface area contributed by atoms with Gasteiger partial charge in [-0.15, -0.1) is 0 Å². The van der Waals surface area contributed by atoms with Crippen LogP contribution in [0.4, 0.5) is 10.1 Å². The first-order chi connectivity index (χ1) is 11.2. The number of pyridine rings is 1. The largest absolute Gasteiger partial charge is 0.379 e. The van der Waals surface area contributed by atoms with Gasteiger partial charge in [0.15, 0.2) is 0 Å². The SMILES string of the molecule is CC(Nc1cccc(CN2CCOCC2)c1)c1ccc(F)cn1. The lowest BCUT2D eigenvalue weighted by atomic mass is 10.1. The molecule has 3 rings (SSSR count). The van der Waals surface area contributed by atoms with E-state index in [-0.39, 0.29) is 11.9 Å². The van der Waals surface area contributed by atoms with Crippen molar-refractivity contribution in [2.24, 2.45) is 0 Å². The standard InChI is InChI=1S/C18H22FN3O/c1-14(18-6-5-16(19)12-20-18)21-17-4-2-3-15(11-17)13-22-7-9-23-10-8-22/h2-6,11-12,14,21H,7-10,13H2,1H3. The van der Waals surface area contributed by atoms with E-state index in [0.29, 0.717) is 0 Å². The molecule has 0 saturated carbocycles. The summed E-state index contributed by atoms with van der Waals surface area (Å²) in [6, 6.07) is 11.6. The van der Waals surface area contributed by atoms with Crippen molar-refractivity contribution in [1.29, 1.82) is 0 Å². The van der Waals surface area contributed by atoms with Crippen molar-refractivity contribution in [2.45, 2.75) is 19.5 Å². The number of anilines is 1. The summed E-state index contributed by atoms with van der Waals surface area (Å²) in [5.74, 6) is -0.312. The molecule has 23 heavy (non-hydrogen) atoms. The molecule has 0 amide bonds. The number of halogens is 1. The fourth-order valence-electron chi connectivity index (χ4n) is 2.74. The minimum absolute atomic E-state index is 0.0224.